The molecule has 4 rings (SSSR count). The van der Waals surface area contributed by atoms with Gasteiger partial charge in [-0.3, -0.25) is 0 Å². The first-order valence-electron chi connectivity index (χ1n) is 7.44. The predicted molar refractivity (Wildman–Crippen MR) is 66.7 cm³/mol. The van der Waals surface area contributed by atoms with Gasteiger partial charge in [0, 0.05) is 13.1 Å². The summed E-state index contributed by atoms with van der Waals surface area (Å²) in [6.07, 6.45) is 12.6. The molecule has 2 aliphatic heterocycles. The topological polar surface area (TPSA) is 49.9 Å². The van der Waals surface area contributed by atoms with Gasteiger partial charge in [0.25, 0.3) is 0 Å². The van der Waals surface area contributed by atoms with Crippen molar-refractivity contribution in [3.05, 3.63) is 0 Å². The highest BCUT2D eigenvalue weighted by Gasteiger charge is 2.55. The molecule has 0 radical (unpaired) electrons. The van der Waals surface area contributed by atoms with E-state index in [0.717, 1.165) is 0 Å². The van der Waals surface area contributed by atoms with E-state index in [4.69, 9.17) is 0 Å². The van der Waals surface area contributed by atoms with Crippen LogP contribution < -0.4 is 10.9 Å². The normalized spacial score (nSPS) is 40.9. The highest BCUT2D eigenvalue weighted by atomic mass is 15.8. The monoisotopic (exact) mass is 236 g/mol. The maximum atomic E-state index is 3.63. The summed E-state index contributed by atoms with van der Waals surface area (Å²) in [5.41, 5.74) is 8.09. The molecule has 2 aliphatic carbocycles. The van der Waals surface area contributed by atoms with Crippen molar-refractivity contribution in [3.8, 4) is 0 Å². The number of hydrazine groups is 2. The molecular weight excluding hydrogens is 212 g/mol. The van der Waals surface area contributed by atoms with Crippen LogP contribution in [0.15, 0.2) is 0 Å². The first kappa shape index (κ1) is 10.7. The van der Waals surface area contributed by atoms with Crippen molar-refractivity contribution in [3.63, 3.8) is 0 Å². The van der Waals surface area contributed by atoms with Gasteiger partial charge in [0.2, 0.25) is 0 Å². The zero-order valence-corrected chi connectivity index (χ0v) is 10.7. The Morgan fingerprint density at radius 3 is 1.53 bits per heavy atom. The van der Waals surface area contributed by atoms with Crippen LogP contribution in [-0.4, -0.2) is 34.4 Å². The smallest absolute Gasteiger partial charge is 0.0974 e. The van der Waals surface area contributed by atoms with E-state index in [9.17, 15) is 0 Å². The Morgan fingerprint density at radius 1 is 0.647 bits per heavy atom. The van der Waals surface area contributed by atoms with Crippen LogP contribution in [0.2, 0.25) is 0 Å². The van der Waals surface area contributed by atoms with Crippen LogP contribution in [0.1, 0.15) is 57.8 Å². The van der Waals surface area contributed by atoms with Gasteiger partial charge in [-0.25, -0.2) is 20.9 Å². The Bertz CT molecular complexity index is 305. The van der Waals surface area contributed by atoms with Crippen LogP contribution in [-0.2, 0) is 0 Å². The van der Waals surface area contributed by atoms with Gasteiger partial charge in [-0.2, -0.15) is 0 Å². The van der Waals surface area contributed by atoms with Crippen molar-refractivity contribution in [2.75, 3.05) is 13.1 Å². The fourth-order valence-electron chi connectivity index (χ4n) is 4.05. The number of rotatable bonds is 3. The van der Waals surface area contributed by atoms with Crippen molar-refractivity contribution in [1.82, 2.24) is 20.9 Å². The second-order valence-corrected chi connectivity index (χ2v) is 6.36. The van der Waals surface area contributed by atoms with E-state index < -0.39 is 0 Å². The van der Waals surface area contributed by atoms with Gasteiger partial charge in [0.15, 0.2) is 0 Å². The summed E-state index contributed by atoms with van der Waals surface area (Å²) in [7, 11) is 0. The predicted octanol–water partition coefficient (Wildman–Crippen LogP) is 1.56. The molecule has 96 valence electrons. The van der Waals surface area contributed by atoms with Gasteiger partial charge in [0.05, 0.1) is 11.3 Å². The first-order valence-corrected chi connectivity index (χ1v) is 7.44. The molecule has 0 aromatic heterocycles. The van der Waals surface area contributed by atoms with Crippen molar-refractivity contribution in [2.45, 2.75) is 69.1 Å². The van der Waals surface area contributed by atoms with Crippen LogP contribution in [0, 0.1) is 0 Å². The molecule has 4 nitrogen and oxygen atoms in total. The van der Waals surface area contributed by atoms with E-state index in [-0.39, 0.29) is 0 Å². The summed E-state index contributed by atoms with van der Waals surface area (Å²) < 4.78 is 0. The fraction of sp³-hybridized carbons (Fsp3) is 1.00. The number of nitrogens with zero attached hydrogens (tertiary/aromatic N) is 2. The van der Waals surface area contributed by atoms with Crippen LogP contribution in [0.5, 0.6) is 0 Å². The summed E-state index contributed by atoms with van der Waals surface area (Å²) in [5, 5.41) is 4.98. The molecule has 4 fully saturated rings. The fourth-order valence-corrected chi connectivity index (χ4v) is 4.05. The summed E-state index contributed by atoms with van der Waals surface area (Å²) in [6.45, 7) is 2.38. The molecule has 2 unspecified atom stereocenters. The first-order chi connectivity index (χ1) is 8.33. The molecule has 2 saturated heterocycles. The van der Waals surface area contributed by atoms with Gasteiger partial charge in [-0.15, -0.1) is 0 Å². The maximum Gasteiger partial charge on any atom is 0.0974 e. The summed E-state index contributed by atoms with van der Waals surface area (Å²) >= 11 is 0. The number of hydrogen-bond acceptors (Lipinski definition) is 4. The Hall–Kier alpha value is -0.160. The lowest BCUT2D eigenvalue weighted by atomic mass is 9.92. The average Bonchev–Trinajstić information content (AvgIpc) is 3.12. The lowest BCUT2D eigenvalue weighted by Crippen LogP contribution is -2.26. The molecule has 2 N–H and O–H groups in total. The van der Waals surface area contributed by atoms with Gasteiger partial charge in [-0.05, 0) is 25.7 Å². The molecule has 0 bridgehead atoms. The third-order valence-corrected chi connectivity index (χ3v) is 5.28. The third kappa shape index (κ3) is 1.73. The molecular formula is C13H24N4. The zero-order chi connectivity index (χ0) is 11.3. The van der Waals surface area contributed by atoms with Crippen molar-refractivity contribution >= 4 is 0 Å². The summed E-state index contributed by atoms with van der Waals surface area (Å²) in [4.78, 5) is 0. The SMILES string of the molecule is C1CCC2(CC1)NN2CCN1NC12CCCC2. The summed E-state index contributed by atoms with van der Waals surface area (Å²) in [5.74, 6) is 0. The van der Waals surface area contributed by atoms with Gasteiger partial charge >= 0.3 is 0 Å². The second-order valence-electron chi connectivity index (χ2n) is 6.36. The highest BCUT2D eigenvalue weighted by molar-refractivity contribution is 5.04. The van der Waals surface area contributed by atoms with Crippen molar-refractivity contribution in [1.29, 1.82) is 0 Å². The molecule has 4 heteroatoms. The molecule has 0 amide bonds. The molecule has 2 heterocycles. The quantitative estimate of drug-likeness (QED) is 0.730. The molecule has 4 aliphatic rings. The molecule has 0 aromatic rings. The minimum absolute atomic E-state index is 0.428. The van der Waals surface area contributed by atoms with Crippen LogP contribution in [0.25, 0.3) is 0 Å². The van der Waals surface area contributed by atoms with Crippen LogP contribution in [0.3, 0.4) is 0 Å². The number of nitrogens with one attached hydrogen (secondary N) is 2. The number of hydrogen-bond donors (Lipinski definition) is 2. The van der Waals surface area contributed by atoms with Gasteiger partial charge in [-0.1, -0.05) is 32.1 Å². The summed E-state index contributed by atoms with van der Waals surface area (Å²) in [6, 6.07) is 0. The minimum Gasteiger partial charge on any atom is -0.232 e. The Balaban J connectivity index is 1.25. The van der Waals surface area contributed by atoms with E-state index in [1.807, 2.05) is 0 Å². The Labute approximate surface area is 104 Å². The Morgan fingerprint density at radius 2 is 1.06 bits per heavy atom. The van der Waals surface area contributed by atoms with Crippen LogP contribution >= 0.6 is 0 Å². The van der Waals surface area contributed by atoms with E-state index in [2.05, 4.69) is 20.9 Å². The van der Waals surface area contributed by atoms with E-state index >= 15 is 0 Å². The molecule has 2 saturated carbocycles. The van der Waals surface area contributed by atoms with Crippen LogP contribution in [0.4, 0.5) is 0 Å². The largest absolute Gasteiger partial charge is 0.232 e. The molecule has 17 heavy (non-hydrogen) atoms. The second kappa shape index (κ2) is 3.67. The molecule has 0 aromatic carbocycles. The van der Waals surface area contributed by atoms with E-state index in [1.54, 1.807) is 0 Å². The highest BCUT2D eigenvalue weighted by Crippen LogP contribution is 2.43. The lowest BCUT2D eigenvalue weighted by Gasteiger charge is -2.19. The van der Waals surface area contributed by atoms with Gasteiger partial charge < -0.3 is 0 Å². The third-order valence-electron chi connectivity index (χ3n) is 5.28. The minimum atomic E-state index is 0.428. The van der Waals surface area contributed by atoms with E-state index in [1.165, 1.54) is 70.9 Å². The molecule has 2 spiro atoms. The average molecular weight is 236 g/mol. The zero-order valence-electron chi connectivity index (χ0n) is 10.7. The Kier molecular flexibility index (Phi) is 2.32. The van der Waals surface area contributed by atoms with Crippen molar-refractivity contribution in [2.24, 2.45) is 0 Å². The lowest BCUT2D eigenvalue weighted by molar-refractivity contribution is 0.286. The van der Waals surface area contributed by atoms with E-state index in [0.29, 0.717) is 11.3 Å². The maximum absolute atomic E-state index is 3.63. The van der Waals surface area contributed by atoms with Crippen molar-refractivity contribution < 1.29 is 0 Å². The molecule has 2 atom stereocenters. The van der Waals surface area contributed by atoms with Gasteiger partial charge in [0.1, 0.15) is 0 Å². The standard InChI is InChI=1S/C13H24N4/c1-2-6-12(7-3-1)14-16(12)10-11-17-13(15-17)8-4-5-9-13/h14-15H,1-11H2.